The lowest BCUT2D eigenvalue weighted by Crippen LogP contribution is -2.19. The topological polar surface area (TPSA) is 33.1 Å². The molecule has 0 saturated heterocycles. The average molecular weight is 161 g/mol. The fourth-order valence-electron chi connectivity index (χ4n) is 1.08. The van der Waals surface area contributed by atoms with Gasteiger partial charge in [-0.25, -0.2) is 0 Å². The maximum Gasteiger partial charge on any atom is 0.149 e. The zero-order chi connectivity index (χ0) is 9.19. The summed E-state index contributed by atoms with van der Waals surface area (Å²) in [6, 6.07) is 3.54. The molecule has 62 valence electrons. The molecule has 1 unspecified atom stereocenters. The van der Waals surface area contributed by atoms with E-state index in [1.807, 2.05) is 6.92 Å². The Balaban J connectivity index is 3.22. The van der Waals surface area contributed by atoms with Gasteiger partial charge in [-0.1, -0.05) is 12.0 Å². The Morgan fingerprint density at radius 2 is 2.33 bits per heavy atom. The minimum Gasteiger partial charge on any atom is -0.374 e. The van der Waals surface area contributed by atoms with Crippen molar-refractivity contribution in [1.82, 2.24) is 4.98 Å². The van der Waals surface area contributed by atoms with Gasteiger partial charge >= 0.3 is 0 Å². The van der Waals surface area contributed by atoms with Crippen LogP contribution in [0.4, 0.5) is 0 Å². The number of hydrogen-bond acceptors (Lipinski definition) is 2. The minimum atomic E-state index is -1.21. The van der Waals surface area contributed by atoms with Crippen LogP contribution in [0.2, 0.25) is 0 Å². The number of aryl methyl sites for hydroxylation is 1. The van der Waals surface area contributed by atoms with Gasteiger partial charge in [-0.3, -0.25) is 4.98 Å². The van der Waals surface area contributed by atoms with Crippen molar-refractivity contribution in [3.05, 3.63) is 29.6 Å². The van der Waals surface area contributed by atoms with Crippen LogP contribution in [0.25, 0.3) is 0 Å². The molecule has 1 N–H and O–H groups in total. The molecule has 0 saturated carbocycles. The van der Waals surface area contributed by atoms with Crippen molar-refractivity contribution in [3.8, 4) is 12.3 Å². The molecule has 0 aliphatic carbocycles. The lowest BCUT2D eigenvalue weighted by molar-refractivity contribution is 0.121. The van der Waals surface area contributed by atoms with E-state index in [1.54, 1.807) is 25.3 Å². The summed E-state index contributed by atoms with van der Waals surface area (Å²) in [4.78, 5) is 4.04. The summed E-state index contributed by atoms with van der Waals surface area (Å²) in [5, 5.41) is 9.70. The fourth-order valence-corrected chi connectivity index (χ4v) is 1.08. The molecule has 1 heterocycles. The predicted molar refractivity (Wildman–Crippen MR) is 47.4 cm³/mol. The van der Waals surface area contributed by atoms with Gasteiger partial charge in [0.2, 0.25) is 0 Å². The van der Waals surface area contributed by atoms with Crippen LogP contribution in [-0.4, -0.2) is 10.1 Å². The highest BCUT2D eigenvalue weighted by molar-refractivity contribution is 5.31. The number of terminal acetylenes is 1. The van der Waals surface area contributed by atoms with Crippen molar-refractivity contribution < 1.29 is 5.11 Å². The third kappa shape index (κ3) is 1.46. The molecule has 0 spiro atoms. The van der Waals surface area contributed by atoms with Crippen molar-refractivity contribution in [2.75, 3.05) is 0 Å². The summed E-state index contributed by atoms with van der Waals surface area (Å²) < 4.78 is 0. The van der Waals surface area contributed by atoms with Crippen LogP contribution < -0.4 is 0 Å². The van der Waals surface area contributed by atoms with Gasteiger partial charge in [0.1, 0.15) is 5.60 Å². The normalized spacial score (nSPS) is 14.8. The van der Waals surface area contributed by atoms with Gasteiger partial charge in [0.25, 0.3) is 0 Å². The smallest absolute Gasteiger partial charge is 0.149 e. The van der Waals surface area contributed by atoms with E-state index in [2.05, 4.69) is 10.9 Å². The Hall–Kier alpha value is -1.33. The van der Waals surface area contributed by atoms with E-state index in [-0.39, 0.29) is 0 Å². The summed E-state index contributed by atoms with van der Waals surface area (Å²) in [5.41, 5.74) is 0.242. The monoisotopic (exact) mass is 161 g/mol. The molecule has 1 aromatic rings. The number of pyridine rings is 1. The molecular weight excluding hydrogens is 150 g/mol. The molecule has 0 aromatic carbocycles. The number of aliphatic hydroxyl groups is 1. The van der Waals surface area contributed by atoms with Gasteiger partial charge < -0.3 is 5.11 Å². The number of hydrogen-bond donors (Lipinski definition) is 1. The van der Waals surface area contributed by atoms with Crippen LogP contribution in [0.1, 0.15) is 18.2 Å². The molecule has 2 heteroatoms. The molecule has 1 aromatic heterocycles. The summed E-state index contributed by atoms with van der Waals surface area (Å²) >= 11 is 0. The van der Waals surface area contributed by atoms with Gasteiger partial charge in [0.15, 0.2) is 0 Å². The maximum atomic E-state index is 9.70. The summed E-state index contributed by atoms with van der Waals surface area (Å²) in [6.45, 7) is 3.40. The van der Waals surface area contributed by atoms with Crippen LogP contribution in [0.5, 0.6) is 0 Å². The largest absolute Gasteiger partial charge is 0.374 e. The van der Waals surface area contributed by atoms with E-state index < -0.39 is 5.60 Å². The van der Waals surface area contributed by atoms with Crippen LogP contribution in [0, 0.1) is 19.3 Å². The molecular formula is C10H11NO. The van der Waals surface area contributed by atoms with E-state index in [0.29, 0.717) is 5.56 Å². The van der Waals surface area contributed by atoms with Gasteiger partial charge in [-0.05, 0) is 19.9 Å². The van der Waals surface area contributed by atoms with Gasteiger partial charge in [-0.15, -0.1) is 6.42 Å². The molecule has 0 aliphatic heterocycles. The van der Waals surface area contributed by atoms with Gasteiger partial charge in [-0.2, -0.15) is 0 Å². The molecule has 0 radical (unpaired) electrons. The SMILES string of the molecule is C#CC(C)(O)c1cccnc1C. The van der Waals surface area contributed by atoms with E-state index >= 15 is 0 Å². The molecule has 0 aliphatic rings. The first-order chi connectivity index (χ1) is 5.58. The molecule has 2 nitrogen and oxygen atoms in total. The lowest BCUT2D eigenvalue weighted by atomic mass is 9.96. The van der Waals surface area contributed by atoms with Crippen LogP contribution >= 0.6 is 0 Å². The van der Waals surface area contributed by atoms with E-state index in [4.69, 9.17) is 6.42 Å². The van der Waals surface area contributed by atoms with Crippen LogP contribution in [0.15, 0.2) is 18.3 Å². The maximum absolute atomic E-state index is 9.70. The molecule has 0 fully saturated rings. The van der Waals surface area contributed by atoms with Crippen molar-refractivity contribution in [1.29, 1.82) is 0 Å². The Morgan fingerprint density at radius 3 is 2.83 bits per heavy atom. The number of nitrogens with zero attached hydrogens (tertiary/aromatic N) is 1. The zero-order valence-corrected chi connectivity index (χ0v) is 7.20. The van der Waals surface area contributed by atoms with Gasteiger partial charge in [0, 0.05) is 17.5 Å². The first-order valence-corrected chi connectivity index (χ1v) is 3.70. The Bertz CT molecular complexity index is 323. The van der Waals surface area contributed by atoms with Crippen LogP contribution in [0.3, 0.4) is 0 Å². The molecule has 0 bridgehead atoms. The molecule has 1 atom stereocenters. The second-order valence-electron chi connectivity index (χ2n) is 2.85. The predicted octanol–water partition coefficient (Wildman–Crippen LogP) is 1.23. The Morgan fingerprint density at radius 1 is 1.67 bits per heavy atom. The highest BCUT2D eigenvalue weighted by Crippen LogP contribution is 2.20. The minimum absolute atomic E-state index is 0.688. The first kappa shape index (κ1) is 8.76. The zero-order valence-electron chi connectivity index (χ0n) is 7.20. The lowest BCUT2D eigenvalue weighted by Gasteiger charge is -2.17. The highest BCUT2D eigenvalue weighted by Gasteiger charge is 2.21. The Kier molecular flexibility index (Phi) is 2.16. The Labute approximate surface area is 72.3 Å². The quantitative estimate of drug-likeness (QED) is 0.628. The third-order valence-electron chi connectivity index (χ3n) is 1.81. The summed E-state index contributed by atoms with van der Waals surface area (Å²) in [7, 11) is 0. The summed E-state index contributed by atoms with van der Waals surface area (Å²) in [6.07, 6.45) is 6.85. The summed E-state index contributed by atoms with van der Waals surface area (Å²) in [5.74, 6) is 2.31. The van der Waals surface area contributed by atoms with E-state index in [9.17, 15) is 5.11 Å². The standard InChI is InChI=1S/C10H11NO/c1-4-10(3,12)9-6-5-7-11-8(9)2/h1,5-7,12H,2-3H3. The fraction of sp³-hybridized carbons (Fsp3) is 0.300. The molecule has 0 amide bonds. The van der Waals surface area contributed by atoms with Gasteiger partial charge in [0.05, 0.1) is 0 Å². The number of aromatic nitrogens is 1. The highest BCUT2D eigenvalue weighted by atomic mass is 16.3. The van der Waals surface area contributed by atoms with Crippen LogP contribution in [-0.2, 0) is 5.60 Å². The van der Waals surface area contributed by atoms with E-state index in [0.717, 1.165) is 5.69 Å². The van der Waals surface area contributed by atoms with Crippen molar-refractivity contribution in [3.63, 3.8) is 0 Å². The molecule has 1 rings (SSSR count). The van der Waals surface area contributed by atoms with Crippen molar-refractivity contribution in [2.45, 2.75) is 19.4 Å². The molecule has 12 heavy (non-hydrogen) atoms. The third-order valence-corrected chi connectivity index (χ3v) is 1.81. The van der Waals surface area contributed by atoms with Crippen molar-refractivity contribution >= 4 is 0 Å². The average Bonchev–Trinajstić information content (AvgIpc) is 2.05. The van der Waals surface area contributed by atoms with Crippen molar-refractivity contribution in [2.24, 2.45) is 0 Å². The second kappa shape index (κ2) is 2.96. The van der Waals surface area contributed by atoms with E-state index in [1.165, 1.54) is 0 Å². The number of rotatable bonds is 1. The first-order valence-electron chi connectivity index (χ1n) is 3.70. The second-order valence-corrected chi connectivity index (χ2v) is 2.85.